The van der Waals surface area contributed by atoms with Crippen LogP contribution in [0.3, 0.4) is 0 Å². The number of carbonyl (C=O) groups excluding carboxylic acids is 2. The van der Waals surface area contributed by atoms with Gasteiger partial charge >= 0.3 is 0 Å². The van der Waals surface area contributed by atoms with Crippen LogP contribution in [0.2, 0.25) is 18.6 Å². The summed E-state index contributed by atoms with van der Waals surface area (Å²) in [6.45, 7) is 6.26. The summed E-state index contributed by atoms with van der Waals surface area (Å²) in [6.07, 6.45) is 6.21. The van der Waals surface area contributed by atoms with Crippen LogP contribution in [-0.4, -0.2) is 59.6 Å². The molecule has 1 aromatic heterocycles. The van der Waals surface area contributed by atoms with Gasteiger partial charge in [0.1, 0.15) is 0 Å². The lowest BCUT2D eigenvalue weighted by atomic mass is 9.82. The molecule has 2 amide bonds. The normalized spacial score (nSPS) is 26.4. The monoisotopic (exact) mass is 619 g/mol. The van der Waals surface area contributed by atoms with Gasteiger partial charge in [0.2, 0.25) is 14.3 Å². The average molecular weight is 620 g/mol. The van der Waals surface area contributed by atoms with Crippen molar-refractivity contribution in [3.05, 3.63) is 71.5 Å². The van der Waals surface area contributed by atoms with Crippen LogP contribution in [0.15, 0.2) is 54.7 Å². The van der Waals surface area contributed by atoms with Crippen LogP contribution in [0.4, 0.5) is 15.5 Å². The lowest BCUT2D eigenvalue weighted by molar-refractivity contribution is -0.143. The van der Waals surface area contributed by atoms with Gasteiger partial charge in [-0.15, -0.1) is 5.10 Å². The molecule has 1 unspecified atom stereocenters. The van der Waals surface area contributed by atoms with E-state index in [1.165, 1.54) is 0 Å². The van der Waals surface area contributed by atoms with Crippen molar-refractivity contribution < 1.29 is 23.5 Å². The first kappa shape index (κ1) is 30.6. The van der Waals surface area contributed by atoms with E-state index >= 15 is 4.11 Å². The number of aliphatic hydroxyl groups excluding tert-OH is 1. The zero-order chi connectivity index (χ0) is 31.1. The Hall–Kier alpha value is -3.41. The van der Waals surface area contributed by atoms with Crippen LogP contribution >= 0.6 is 0 Å². The number of aromatic nitrogens is 3. The Morgan fingerprint density at radius 3 is 2.66 bits per heavy atom. The summed E-state index contributed by atoms with van der Waals surface area (Å²) < 4.78 is 24.6. The molecule has 3 aliphatic heterocycles. The first-order chi connectivity index (χ1) is 21.1. The topological polar surface area (TPSA) is 110 Å². The Morgan fingerprint density at radius 2 is 1.91 bits per heavy atom. The number of carbonyl (C=O) groups is 2. The van der Waals surface area contributed by atoms with E-state index in [1.54, 1.807) is 17.8 Å². The maximum absolute atomic E-state index is 16.1. The molecule has 234 valence electrons. The van der Waals surface area contributed by atoms with Crippen molar-refractivity contribution in [2.45, 2.75) is 88.3 Å². The molecular weight excluding hydrogens is 577 g/mol. The molecule has 5 atom stereocenters. The first-order valence-electron chi connectivity index (χ1n) is 15.8. The Kier molecular flexibility index (Phi) is 8.47. The highest BCUT2D eigenvalue weighted by atomic mass is 28.4. The highest BCUT2D eigenvalue weighted by molar-refractivity contribution is 6.72. The Bertz CT molecular complexity index is 1510. The molecule has 11 heteroatoms. The Morgan fingerprint density at radius 1 is 1.14 bits per heavy atom. The fraction of sp³-hybridized carbons (Fsp3) is 0.515. The van der Waals surface area contributed by atoms with Gasteiger partial charge in [0.15, 0.2) is 5.60 Å². The number of halogens is 1. The standard InChI is InChI=1S/C33H42FN5O4Si/c1-22-31(44(2,3)34)29(16-18-38-20-28(36-37-38)25(21-40)23-11-7-6-8-12-23)43-33(22)26-19-24(14-15-27(26)35-32(33)42)39-17-10-5-4-9-13-30(39)41/h6-8,11-12,14-15,19-20,22,25,29,31,40H,4-5,9-10,13,16-18,21H2,1-3H3,(H,35,42)/t22-,25?,29+,31-,33+/m0/s1. The molecule has 3 aliphatic rings. The number of benzene rings is 2. The number of hydrogen-bond donors (Lipinski definition) is 2. The predicted octanol–water partition coefficient (Wildman–Crippen LogP) is 5.52. The first-order valence-corrected chi connectivity index (χ1v) is 18.8. The summed E-state index contributed by atoms with van der Waals surface area (Å²) in [5, 5.41) is 21.7. The summed E-state index contributed by atoms with van der Waals surface area (Å²) in [6, 6.07) is 15.3. The number of fused-ring (bicyclic) bond motifs is 2. The van der Waals surface area contributed by atoms with E-state index in [0.29, 0.717) is 42.9 Å². The summed E-state index contributed by atoms with van der Waals surface area (Å²) in [7, 11) is -3.31. The molecule has 2 saturated heterocycles. The molecule has 2 N–H and O–H groups in total. The number of nitrogens with zero attached hydrogens (tertiary/aromatic N) is 4. The smallest absolute Gasteiger partial charge is 0.261 e. The van der Waals surface area contributed by atoms with Crippen LogP contribution < -0.4 is 10.2 Å². The molecule has 3 aromatic rings. The minimum Gasteiger partial charge on any atom is -0.395 e. The molecule has 44 heavy (non-hydrogen) atoms. The minimum atomic E-state index is -3.31. The van der Waals surface area contributed by atoms with Gasteiger partial charge in [-0.1, -0.05) is 55.3 Å². The van der Waals surface area contributed by atoms with Crippen molar-refractivity contribution in [1.82, 2.24) is 15.0 Å². The summed E-state index contributed by atoms with van der Waals surface area (Å²) in [5.41, 5.74) is 1.92. The van der Waals surface area contributed by atoms with E-state index in [2.05, 4.69) is 15.6 Å². The number of hydrogen-bond acceptors (Lipinski definition) is 6. The van der Waals surface area contributed by atoms with Crippen molar-refractivity contribution >= 4 is 31.6 Å². The van der Waals surface area contributed by atoms with E-state index in [-0.39, 0.29) is 24.3 Å². The van der Waals surface area contributed by atoms with Gasteiger partial charge in [0.25, 0.3) is 5.91 Å². The van der Waals surface area contributed by atoms with Crippen LogP contribution in [0, 0.1) is 5.92 Å². The average Bonchev–Trinajstić information content (AvgIpc) is 3.65. The number of amides is 2. The number of aryl methyl sites for hydroxylation is 1. The lowest BCUT2D eigenvalue weighted by Crippen LogP contribution is -2.42. The molecule has 0 bridgehead atoms. The predicted molar refractivity (Wildman–Crippen MR) is 169 cm³/mol. The maximum Gasteiger partial charge on any atom is 0.261 e. The fourth-order valence-electron chi connectivity index (χ4n) is 7.62. The second-order valence-corrected chi connectivity index (χ2v) is 16.8. The van der Waals surface area contributed by atoms with Crippen LogP contribution in [-0.2, 0) is 26.5 Å². The van der Waals surface area contributed by atoms with E-state index in [1.807, 2.05) is 66.6 Å². The maximum atomic E-state index is 16.1. The van der Waals surface area contributed by atoms with Crippen molar-refractivity contribution in [2.24, 2.45) is 5.92 Å². The van der Waals surface area contributed by atoms with Crippen molar-refractivity contribution in [1.29, 1.82) is 0 Å². The molecule has 6 rings (SSSR count). The van der Waals surface area contributed by atoms with Crippen LogP contribution in [0.5, 0.6) is 0 Å². The van der Waals surface area contributed by atoms with E-state index < -0.39 is 31.6 Å². The number of rotatable bonds is 8. The third kappa shape index (κ3) is 5.50. The zero-order valence-electron chi connectivity index (χ0n) is 25.7. The molecule has 1 spiro atoms. The summed E-state index contributed by atoms with van der Waals surface area (Å²) in [5.74, 6) is -0.901. The van der Waals surface area contributed by atoms with Gasteiger partial charge in [0, 0.05) is 54.1 Å². The van der Waals surface area contributed by atoms with Gasteiger partial charge in [-0.25, -0.2) is 0 Å². The second-order valence-electron chi connectivity index (χ2n) is 13.0. The van der Waals surface area contributed by atoms with Crippen molar-refractivity contribution in [3.63, 3.8) is 0 Å². The fourth-order valence-corrected chi connectivity index (χ4v) is 10.2. The second kappa shape index (κ2) is 12.2. The third-order valence-corrected chi connectivity index (χ3v) is 12.2. The van der Waals surface area contributed by atoms with Crippen molar-refractivity contribution in [3.8, 4) is 0 Å². The highest BCUT2D eigenvalue weighted by Gasteiger charge is 2.65. The van der Waals surface area contributed by atoms with Gasteiger partial charge in [-0.2, -0.15) is 0 Å². The zero-order valence-corrected chi connectivity index (χ0v) is 26.7. The molecule has 0 radical (unpaired) electrons. The molecule has 2 fully saturated rings. The Balaban J connectivity index is 1.27. The highest BCUT2D eigenvalue weighted by Crippen LogP contribution is 2.59. The lowest BCUT2D eigenvalue weighted by Gasteiger charge is -2.31. The molecule has 9 nitrogen and oxygen atoms in total. The van der Waals surface area contributed by atoms with Gasteiger partial charge in [-0.3, -0.25) is 14.3 Å². The third-order valence-electron chi connectivity index (χ3n) is 9.77. The number of nitrogens with one attached hydrogen (secondary N) is 1. The van der Waals surface area contributed by atoms with Gasteiger partial charge in [-0.05, 0) is 56.1 Å². The number of anilines is 2. The van der Waals surface area contributed by atoms with Gasteiger partial charge < -0.3 is 24.2 Å². The van der Waals surface area contributed by atoms with Crippen LogP contribution in [0.25, 0.3) is 0 Å². The Labute approximate surface area is 259 Å². The van der Waals surface area contributed by atoms with E-state index in [0.717, 1.165) is 36.9 Å². The van der Waals surface area contributed by atoms with Crippen molar-refractivity contribution in [2.75, 3.05) is 23.4 Å². The van der Waals surface area contributed by atoms with Gasteiger partial charge in [0.05, 0.1) is 24.3 Å². The SMILES string of the molecule is C[C@H]1[C@H]([Si](C)(C)F)[C@@H](CCn2cc(C(CO)c3ccccc3)nn2)O[C@]12C(=O)Nc1ccc(N3CCCCCCC3=O)cc12. The van der Waals surface area contributed by atoms with E-state index in [4.69, 9.17) is 4.74 Å². The molecule has 4 heterocycles. The number of ether oxygens (including phenoxy) is 1. The van der Waals surface area contributed by atoms with Crippen LogP contribution in [0.1, 0.15) is 68.2 Å². The molecule has 2 aromatic carbocycles. The molecule has 0 saturated carbocycles. The molecular formula is C33H42FN5O4Si. The largest absolute Gasteiger partial charge is 0.395 e. The molecule has 0 aliphatic carbocycles. The quantitative estimate of drug-likeness (QED) is 0.254. The summed E-state index contributed by atoms with van der Waals surface area (Å²) >= 11 is 0. The van der Waals surface area contributed by atoms with E-state index in [9.17, 15) is 14.7 Å². The number of aliphatic hydroxyl groups is 1. The summed E-state index contributed by atoms with van der Waals surface area (Å²) in [4.78, 5) is 28.7. The minimum absolute atomic E-state index is 0.0901.